The van der Waals surface area contributed by atoms with Crippen molar-refractivity contribution in [1.82, 2.24) is 0 Å². The minimum Gasteiger partial charge on any atom is -0.545 e. The van der Waals surface area contributed by atoms with Crippen molar-refractivity contribution in [3.63, 3.8) is 0 Å². The van der Waals surface area contributed by atoms with Gasteiger partial charge in [0.15, 0.2) is 5.78 Å². The Morgan fingerprint density at radius 3 is 1.70 bits per heavy atom. The standard InChI is InChI=1S/C16H28O3.K/c1-2-3-4-5-6-7-8-9-10-11-12-15(17)13-14-16(18)19;/h13-14H,2-12H2,1H3,(H,18,19);/q;+1/p-1/b14-13+;. The normalized spacial score (nSPS) is 10.4. The first-order chi connectivity index (χ1) is 9.16. The molecule has 0 aliphatic rings. The zero-order chi connectivity index (χ0) is 14.3. The van der Waals surface area contributed by atoms with Crippen LogP contribution in [-0.4, -0.2) is 11.8 Å². The third-order valence-corrected chi connectivity index (χ3v) is 3.18. The van der Waals surface area contributed by atoms with Crippen LogP contribution in [0.3, 0.4) is 0 Å². The van der Waals surface area contributed by atoms with Gasteiger partial charge in [-0.05, 0) is 18.6 Å². The number of allylic oxidation sites excluding steroid dienone is 1. The summed E-state index contributed by atoms with van der Waals surface area (Å²) in [7, 11) is 0. The summed E-state index contributed by atoms with van der Waals surface area (Å²) >= 11 is 0. The van der Waals surface area contributed by atoms with Crippen LogP contribution in [0.1, 0.15) is 77.6 Å². The van der Waals surface area contributed by atoms with Gasteiger partial charge < -0.3 is 9.90 Å². The molecule has 0 fully saturated rings. The molecule has 0 aromatic rings. The Labute approximate surface area is 166 Å². The van der Waals surface area contributed by atoms with Gasteiger partial charge in [-0.2, -0.15) is 0 Å². The van der Waals surface area contributed by atoms with E-state index >= 15 is 0 Å². The maximum absolute atomic E-state index is 11.2. The van der Waals surface area contributed by atoms with Crippen LogP contribution in [0, 0.1) is 0 Å². The van der Waals surface area contributed by atoms with Crippen LogP contribution in [0.2, 0.25) is 0 Å². The summed E-state index contributed by atoms with van der Waals surface area (Å²) < 4.78 is 0. The van der Waals surface area contributed by atoms with Gasteiger partial charge in [-0.25, -0.2) is 0 Å². The van der Waals surface area contributed by atoms with E-state index in [1.165, 1.54) is 51.4 Å². The molecule has 0 amide bonds. The predicted octanol–water partition coefficient (Wildman–Crippen LogP) is 0.177. The molecule has 0 atom stereocenters. The van der Waals surface area contributed by atoms with E-state index < -0.39 is 5.97 Å². The predicted molar refractivity (Wildman–Crippen MR) is 75.6 cm³/mol. The van der Waals surface area contributed by atoms with E-state index in [1.807, 2.05) is 0 Å². The first-order valence-electron chi connectivity index (χ1n) is 7.58. The Bertz CT molecular complexity index is 275. The van der Waals surface area contributed by atoms with Crippen molar-refractivity contribution in [2.24, 2.45) is 0 Å². The molecule has 3 nitrogen and oxygen atoms in total. The van der Waals surface area contributed by atoms with Crippen LogP contribution in [0.25, 0.3) is 0 Å². The average Bonchev–Trinajstić information content (AvgIpc) is 2.38. The average molecular weight is 306 g/mol. The van der Waals surface area contributed by atoms with E-state index in [0.29, 0.717) is 6.42 Å². The molecule has 0 saturated carbocycles. The Kier molecular flexibility index (Phi) is 20.0. The molecule has 0 N–H and O–H groups in total. The van der Waals surface area contributed by atoms with Crippen LogP contribution in [0.15, 0.2) is 12.2 Å². The Morgan fingerprint density at radius 2 is 1.25 bits per heavy atom. The second-order valence-corrected chi connectivity index (χ2v) is 5.05. The molecule has 0 aromatic carbocycles. The fourth-order valence-corrected chi connectivity index (χ4v) is 2.03. The van der Waals surface area contributed by atoms with Gasteiger partial charge >= 0.3 is 51.4 Å². The van der Waals surface area contributed by atoms with Crippen molar-refractivity contribution in [2.45, 2.75) is 77.6 Å². The number of carbonyl (C=O) groups excluding carboxylic acids is 2. The molecule has 20 heavy (non-hydrogen) atoms. The Morgan fingerprint density at radius 1 is 0.800 bits per heavy atom. The van der Waals surface area contributed by atoms with Gasteiger partial charge in [0.25, 0.3) is 0 Å². The summed E-state index contributed by atoms with van der Waals surface area (Å²) in [6.45, 7) is 2.23. The van der Waals surface area contributed by atoms with Crippen molar-refractivity contribution in [2.75, 3.05) is 0 Å². The number of unbranched alkanes of at least 4 members (excludes halogenated alkanes) is 9. The molecule has 0 saturated heterocycles. The first kappa shape index (κ1) is 22.8. The van der Waals surface area contributed by atoms with Crippen molar-refractivity contribution >= 4 is 11.8 Å². The number of rotatable bonds is 13. The summed E-state index contributed by atoms with van der Waals surface area (Å²) in [6, 6.07) is 0. The van der Waals surface area contributed by atoms with Crippen LogP contribution < -0.4 is 56.5 Å². The van der Waals surface area contributed by atoms with Crippen molar-refractivity contribution < 1.29 is 66.1 Å². The molecule has 110 valence electrons. The summed E-state index contributed by atoms with van der Waals surface area (Å²) in [5.74, 6) is -1.43. The van der Waals surface area contributed by atoms with Gasteiger partial charge in [-0.15, -0.1) is 0 Å². The summed E-state index contributed by atoms with van der Waals surface area (Å²) in [5.41, 5.74) is 0. The summed E-state index contributed by atoms with van der Waals surface area (Å²) in [6.07, 6.45) is 14.6. The van der Waals surface area contributed by atoms with Crippen molar-refractivity contribution in [1.29, 1.82) is 0 Å². The van der Waals surface area contributed by atoms with Gasteiger partial charge in [0.1, 0.15) is 0 Å². The van der Waals surface area contributed by atoms with Crippen molar-refractivity contribution in [3.8, 4) is 0 Å². The zero-order valence-electron chi connectivity index (χ0n) is 13.2. The first-order valence-corrected chi connectivity index (χ1v) is 7.58. The Balaban J connectivity index is 0. The maximum atomic E-state index is 11.2. The van der Waals surface area contributed by atoms with Crippen LogP contribution >= 0.6 is 0 Å². The van der Waals surface area contributed by atoms with E-state index in [0.717, 1.165) is 25.0 Å². The van der Waals surface area contributed by atoms with Gasteiger partial charge in [0, 0.05) is 6.42 Å². The molecule has 0 bridgehead atoms. The second-order valence-electron chi connectivity index (χ2n) is 5.05. The van der Waals surface area contributed by atoms with Crippen LogP contribution in [0.4, 0.5) is 0 Å². The number of carboxylic acids is 1. The minimum absolute atomic E-state index is 0. The largest absolute Gasteiger partial charge is 1.00 e. The number of hydrogen-bond donors (Lipinski definition) is 0. The molecule has 4 heteroatoms. The van der Waals surface area contributed by atoms with E-state index in [-0.39, 0.29) is 57.2 Å². The van der Waals surface area contributed by atoms with Crippen LogP contribution in [-0.2, 0) is 9.59 Å². The molecule has 0 spiro atoms. The molecule has 0 radical (unpaired) electrons. The molecule has 0 heterocycles. The van der Waals surface area contributed by atoms with E-state index in [9.17, 15) is 14.7 Å². The third-order valence-electron chi connectivity index (χ3n) is 3.18. The quantitative estimate of drug-likeness (QED) is 0.277. The van der Waals surface area contributed by atoms with E-state index in [2.05, 4.69) is 6.92 Å². The van der Waals surface area contributed by atoms with Gasteiger partial charge in [0.05, 0.1) is 5.97 Å². The third kappa shape index (κ3) is 18.5. The van der Waals surface area contributed by atoms with Gasteiger partial charge in [-0.1, -0.05) is 64.7 Å². The van der Waals surface area contributed by atoms with E-state index in [1.54, 1.807) is 0 Å². The fraction of sp³-hybridized carbons (Fsp3) is 0.750. The minimum atomic E-state index is -1.31. The Hall–Kier alpha value is 0.516. The monoisotopic (exact) mass is 306 g/mol. The number of carboxylic acid groups (broad SMARTS) is 1. The van der Waals surface area contributed by atoms with Gasteiger partial charge in [-0.3, -0.25) is 4.79 Å². The number of carbonyl (C=O) groups is 2. The summed E-state index contributed by atoms with van der Waals surface area (Å²) in [4.78, 5) is 21.3. The van der Waals surface area contributed by atoms with Crippen LogP contribution in [0.5, 0.6) is 0 Å². The molecular formula is C16H27KO3. The van der Waals surface area contributed by atoms with Crippen molar-refractivity contribution in [3.05, 3.63) is 12.2 Å². The smallest absolute Gasteiger partial charge is 0.545 e. The molecule has 0 aliphatic carbocycles. The second kappa shape index (κ2) is 17.6. The zero-order valence-corrected chi connectivity index (χ0v) is 16.3. The topological polar surface area (TPSA) is 57.2 Å². The molecule has 0 aromatic heterocycles. The molecule has 0 rings (SSSR count). The number of aliphatic carboxylic acids is 1. The fourth-order valence-electron chi connectivity index (χ4n) is 2.03. The molecule has 0 unspecified atom stereocenters. The van der Waals surface area contributed by atoms with E-state index in [4.69, 9.17) is 0 Å². The molecular weight excluding hydrogens is 279 g/mol. The number of ketones is 1. The number of hydrogen-bond acceptors (Lipinski definition) is 3. The maximum Gasteiger partial charge on any atom is 1.00 e. The summed E-state index contributed by atoms with van der Waals surface area (Å²) in [5, 5.41) is 10.1. The van der Waals surface area contributed by atoms with Gasteiger partial charge in [0.2, 0.25) is 0 Å². The molecule has 0 aliphatic heterocycles. The SMILES string of the molecule is CCCCCCCCCCCCC(=O)/C=C/C(=O)[O-].[K+].